The average Bonchev–Trinajstić information content (AvgIpc) is 2.83. The minimum absolute atomic E-state index is 0.0300. The summed E-state index contributed by atoms with van der Waals surface area (Å²) < 4.78 is 5.31. The van der Waals surface area contributed by atoms with Gasteiger partial charge in [0.2, 0.25) is 0 Å². The number of rotatable bonds is 5. The second-order valence-electron chi connectivity index (χ2n) is 4.43. The summed E-state index contributed by atoms with van der Waals surface area (Å²) in [6, 6.07) is 6.18. The Balaban J connectivity index is 2.10. The van der Waals surface area contributed by atoms with Crippen molar-refractivity contribution in [2.45, 2.75) is 32.7 Å². The van der Waals surface area contributed by atoms with E-state index in [9.17, 15) is 0 Å². The highest BCUT2D eigenvalue weighted by Crippen LogP contribution is 2.19. The molecule has 0 aliphatic heterocycles. The molecule has 2 aromatic heterocycles. The molecule has 0 amide bonds. The Morgan fingerprint density at radius 1 is 1.44 bits per heavy atom. The Kier molecular flexibility index (Phi) is 4.12. The monoisotopic (exact) mass is 245 g/mol. The predicted molar refractivity (Wildman–Crippen MR) is 70.8 cm³/mol. The van der Waals surface area contributed by atoms with E-state index in [1.54, 1.807) is 6.26 Å². The van der Waals surface area contributed by atoms with Crippen LogP contribution in [0.1, 0.15) is 35.5 Å². The summed E-state index contributed by atoms with van der Waals surface area (Å²) in [6.07, 6.45) is 5.41. The van der Waals surface area contributed by atoms with Gasteiger partial charge in [0.05, 0.1) is 12.3 Å². The summed E-state index contributed by atoms with van der Waals surface area (Å²) >= 11 is 0. The van der Waals surface area contributed by atoms with Gasteiger partial charge in [0, 0.05) is 23.9 Å². The van der Waals surface area contributed by atoms with Crippen LogP contribution in [0.15, 0.2) is 35.1 Å². The molecule has 2 heterocycles. The maximum absolute atomic E-state index is 5.60. The summed E-state index contributed by atoms with van der Waals surface area (Å²) in [6.45, 7) is 4.04. The maximum atomic E-state index is 5.60. The number of hydrogen-bond acceptors (Lipinski definition) is 4. The first-order valence-corrected chi connectivity index (χ1v) is 6.18. The van der Waals surface area contributed by atoms with E-state index >= 15 is 0 Å². The van der Waals surface area contributed by atoms with Crippen molar-refractivity contribution in [1.29, 1.82) is 0 Å². The molecule has 0 aliphatic carbocycles. The van der Waals surface area contributed by atoms with Crippen LogP contribution in [0.4, 0.5) is 0 Å². The van der Waals surface area contributed by atoms with Gasteiger partial charge in [0.1, 0.15) is 5.76 Å². The van der Waals surface area contributed by atoms with Gasteiger partial charge in [-0.1, -0.05) is 13.0 Å². The van der Waals surface area contributed by atoms with Crippen LogP contribution >= 0.6 is 0 Å². The van der Waals surface area contributed by atoms with E-state index in [0.29, 0.717) is 0 Å². The molecule has 0 bridgehead atoms. The molecule has 0 saturated heterocycles. The molecule has 1 atom stereocenters. The van der Waals surface area contributed by atoms with Gasteiger partial charge in [0.15, 0.2) is 0 Å². The van der Waals surface area contributed by atoms with Crippen LogP contribution < -0.4 is 11.3 Å². The highest BCUT2D eigenvalue weighted by molar-refractivity contribution is 5.20. The molecule has 2 rings (SSSR count). The van der Waals surface area contributed by atoms with Gasteiger partial charge in [-0.3, -0.25) is 16.3 Å². The molecule has 4 heteroatoms. The Morgan fingerprint density at radius 3 is 2.78 bits per heavy atom. The number of aromatic nitrogens is 1. The van der Waals surface area contributed by atoms with E-state index in [1.165, 1.54) is 5.56 Å². The third-order valence-electron chi connectivity index (χ3n) is 3.06. The van der Waals surface area contributed by atoms with E-state index in [-0.39, 0.29) is 6.04 Å². The Labute approximate surface area is 107 Å². The molecule has 0 fully saturated rings. The molecule has 0 aromatic carbocycles. The molecule has 0 saturated carbocycles. The summed E-state index contributed by atoms with van der Waals surface area (Å²) in [5.41, 5.74) is 6.13. The van der Waals surface area contributed by atoms with Crippen LogP contribution in [-0.4, -0.2) is 4.98 Å². The molecule has 1 unspecified atom stereocenters. The van der Waals surface area contributed by atoms with Crippen molar-refractivity contribution in [2.24, 2.45) is 5.84 Å². The third kappa shape index (κ3) is 2.97. The predicted octanol–water partition coefficient (Wildman–Crippen LogP) is 2.29. The maximum Gasteiger partial charge on any atom is 0.101 e. The number of nitrogens with one attached hydrogen (secondary N) is 1. The summed E-state index contributed by atoms with van der Waals surface area (Å²) in [4.78, 5) is 4.44. The number of hydrazine groups is 1. The number of furan rings is 1. The van der Waals surface area contributed by atoms with Crippen molar-refractivity contribution in [2.75, 3.05) is 0 Å². The zero-order valence-electron chi connectivity index (χ0n) is 10.8. The van der Waals surface area contributed by atoms with Crippen LogP contribution in [0.5, 0.6) is 0 Å². The van der Waals surface area contributed by atoms with Crippen molar-refractivity contribution in [3.63, 3.8) is 0 Å². The van der Waals surface area contributed by atoms with Crippen LogP contribution in [0.2, 0.25) is 0 Å². The van der Waals surface area contributed by atoms with Gasteiger partial charge in [-0.25, -0.2) is 0 Å². The lowest BCUT2D eigenvalue weighted by Gasteiger charge is -2.13. The minimum atomic E-state index is 0.0300. The second-order valence-corrected chi connectivity index (χ2v) is 4.43. The third-order valence-corrected chi connectivity index (χ3v) is 3.06. The SMILES string of the molecule is CCc1ccc(CC(NN)c2coc(C)c2)nc1. The van der Waals surface area contributed by atoms with E-state index in [0.717, 1.165) is 29.9 Å². The molecule has 18 heavy (non-hydrogen) atoms. The van der Waals surface area contributed by atoms with E-state index in [4.69, 9.17) is 10.3 Å². The summed E-state index contributed by atoms with van der Waals surface area (Å²) in [5, 5.41) is 0. The smallest absolute Gasteiger partial charge is 0.101 e. The van der Waals surface area contributed by atoms with Gasteiger partial charge in [-0.15, -0.1) is 0 Å². The van der Waals surface area contributed by atoms with Gasteiger partial charge in [0.25, 0.3) is 0 Å². The zero-order chi connectivity index (χ0) is 13.0. The molecule has 2 aromatic rings. The molecule has 4 nitrogen and oxygen atoms in total. The highest BCUT2D eigenvalue weighted by atomic mass is 16.3. The molecule has 0 aliphatic rings. The Morgan fingerprint density at radius 2 is 2.28 bits per heavy atom. The first kappa shape index (κ1) is 12.8. The molecule has 96 valence electrons. The lowest BCUT2D eigenvalue weighted by atomic mass is 10.0. The fraction of sp³-hybridized carbons (Fsp3) is 0.357. The molecular formula is C14H19N3O. The lowest BCUT2D eigenvalue weighted by molar-refractivity contribution is 0.509. The first-order chi connectivity index (χ1) is 8.72. The van der Waals surface area contributed by atoms with Gasteiger partial charge in [-0.05, 0) is 31.0 Å². The first-order valence-electron chi connectivity index (χ1n) is 6.18. The van der Waals surface area contributed by atoms with E-state index < -0.39 is 0 Å². The fourth-order valence-corrected chi connectivity index (χ4v) is 1.91. The lowest BCUT2D eigenvalue weighted by Crippen LogP contribution is -2.29. The number of nitrogens with zero attached hydrogens (tertiary/aromatic N) is 1. The van der Waals surface area contributed by atoms with Crippen LogP contribution in [-0.2, 0) is 12.8 Å². The Bertz CT molecular complexity index is 490. The topological polar surface area (TPSA) is 64.1 Å². The van der Waals surface area contributed by atoms with E-state index in [1.807, 2.05) is 19.2 Å². The quantitative estimate of drug-likeness (QED) is 0.626. The Hall–Kier alpha value is -1.65. The minimum Gasteiger partial charge on any atom is -0.469 e. The van der Waals surface area contributed by atoms with E-state index in [2.05, 4.69) is 29.5 Å². The van der Waals surface area contributed by atoms with Crippen LogP contribution in [0.25, 0.3) is 0 Å². The van der Waals surface area contributed by atoms with Gasteiger partial charge >= 0.3 is 0 Å². The average molecular weight is 245 g/mol. The van der Waals surface area contributed by atoms with Crippen LogP contribution in [0, 0.1) is 6.92 Å². The van der Waals surface area contributed by atoms with Crippen molar-refractivity contribution in [1.82, 2.24) is 10.4 Å². The number of nitrogens with two attached hydrogens (primary N) is 1. The largest absolute Gasteiger partial charge is 0.469 e. The van der Waals surface area contributed by atoms with Gasteiger partial charge < -0.3 is 4.42 Å². The van der Waals surface area contributed by atoms with Crippen molar-refractivity contribution >= 4 is 0 Å². The number of hydrogen-bond donors (Lipinski definition) is 2. The normalized spacial score (nSPS) is 12.6. The molecular weight excluding hydrogens is 226 g/mol. The number of aryl methyl sites for hydroxylation is 2. The van der Waals surface area contributed by atoms with Crippen LogP contribution in [0.3, 0.4) is 0 Å². The molecule has 3 N–H and O–H groups in total. The summed E-state index contributed by atoms with van der Waals surface area (Å²) in [5.74, 6) is 6.49. The number of pyridine rings is 1. The molecule has 0 radical (unpaired) electrons. The fourth-order valence-electron chi connectivity index (χ4n) is 1.91. The zero-order valence-corrected chi connectivity index (χ0v) is 10.8. The second kappa shape index (κ2) is 5.80. The standard InChI is InChI=1S/C14H19N3O/c1-3-11-4-5-13(16-8-11)7-14(17-15)12-6-10(2)18-9-12/h4-6,8-9,14,17H,3,7,15H2,1-2H3. The van der Waals surface area contributed by atoms with Crippen molar-refractivity contribution in [3.05, 3.63) is 53.2 Å². The van der Waals surface area contributed by atoms with Gasteiger partial charge in [-0.2, -0.15) is 0 Å². The summed E-state index contributed by atoms with van der Waals surface area (Å²) in [7, 11) is 0. The molecule has 0 spiro atoms. The van der Waals surface area contributed by atoms with Crippen molar-refractivity contribution < 1.29 is 4.42 Å². The highest BCUT2D eigenvalue weighted by Gasteiger charge is 2.13. The van der Waals surface area contributed by atoms with Crippen molar-refractivity contribution in [3.8, 4) is 0 Å².